The van der Waals surface area contributed by atoms with Gasteiger partial charge in [0.25, 0.3) is 0 Å². The molecular weight excluding hydrogens is 375 g/mol. The average Bonchev–Trinajstić information content (AvgIpc) is 2.99. The number of hydrogen-bond donors (Lipinski definition) is 0. The summed E-state index contributed by atoms with van der Waals surface area (Å²) in [4.78, 5) is 26.2. The summed E-state index contributed by atoms with van der Waals surface area (Å²) in [6, 6.07) is 10.0. The first kappa shape index (κ1) is 18.5. The molecule has 0 aromatic heterocycles. The molecule has 4 atom stereocenters. The van der Waals surface area contributed by atoms with Crippen LogP contribution in [0.15, 0.2) is 54.0 Å². The van der Waals surface area contributed by atoms with Crippen LogP contribution in [0.3, 0.4) is 0 Å². The molecule has 1 aromatic carbocycles. The molecule has 0 spiro atoms. The summed E-state index contributed by atoms with van der Waals surface area (Å²) in [7, 11) is 2.59. The van der Waals surface area contributed by atoms with Gasteiger partial charge in [-0.3, -0.25) is 0 Å². The van der Waals surface area contributed by atoms with Crippen LogP contribution in [-0.4, -0.2) is 53.3 Å². The number of carbonyl (C=O) groups excluding carboxylic acids is 2. The first-order valence-corrected chi connectivity index (χ1v) is 9.29. The van der Waals surface area contributed by atoms with E-state index in [4.69, 9.17) is 14.2 Å². The fraction of sp³-hybridized carbons (Fsp3) is 0.333. The van der Waals surface area contributed by atoms with Gasteiger partial charge in [-0.05, 0) is 0 Å². The molecule has 6 heteroatoms. The molecule has 1 aliphatic heterocycles. The van der Waals surface area contributed by atoms with Gasteiger partial charge < -0.3 is 0 Å². The molecule has 1 aromatic rings. The molecule has 0 aliphatic carbocycles. The Labute approximate surface area is 147 Å². The van der Waals surface area contributed by atoms with Crippen LogP contribution in [0.5, 0.6) is 0 Å². The fourth-order valence-corrected chi connectivity index (χ4v) is 4.13. The summed E-state index contributed by atoms with van der Waals surface area (Å²) in [5, 5.41) is 0. The maximum atomic E-state index is 12.2. The Bertz CT molecular complexity index is 613. The second kappa shape index (κ2) is 8.83. The van der Waals surface area contributed by atoms with E-state index in [0.717, 1.165) is 0 Å². The summed E-state index contributed by atoms with van der Waals surface area (Å²) >= 11 is 0.109. The van der Waals surface area contributed by atoms with Gasteiger partial charge in [-0.25, -0.2) is 0 Å². The van der Waals surface area contributed by atoms with E-state index in [9.17, 15) is 9.59 Å². The predicted octanol–water partition coefficient (Wildman–Crippen LogP) is 1.06. The topological polar surface area (TPSA) is 61.8 Å². The molecule has 128 valence electrons. The number of carbonyl (C=O) groups is 2. The van der Waals surface area contributed by atoms with Gasteiger partial charge in [0.2, 0.25) is 0 Å². The van der Waals surface area contributed by atoms with Gasteiger partial charge in [0, 0.05) is 0 Å². The van der Waals surface area contributed by atoms with Crippen LogP contribution in [0.1, 0.15) is 0 Å². The number of rotatable bonds is 6. The molecule has 0 bridgehead atoms. The molecule has 1 saturated heterocycles. The van der Waals surface area contributed by atoms with E-state index in [1.807, 2.05) is 41.4 Å². The zero-order valence-corrected chi connectivity index (χ0v) is 15.3. The molecule has 4 unspecified atom stereocenters. The van der Waals surface area contributed by atoms with Crippen molar-refractivity contribution in [2.45, 2.75) is 12.2 Å². The number of hydrogen-bond acceptors (Lipinski definition) is 5. The molecule has 1 fully saturated rings. The molecule has 5 nitrogen and oxygen atoms in total. The van der Waals surface area contributed by atoms with E-state index in [0.29, 0.717) is 0 Å². The van der Waals surface area contributed by atoms with E-state index >= 15 is 0 Å². The van der Waals surface area contributed by atoms with E-state index < -0.39 is 36.0 Å². The quantitative estimate of drug-likeness (QED) is 0.410. The molecular formula is C18H20O5Se. The third-order valence-corrected chi connectivity index (χ3v) is 5.56. The van der Waals surface area contributed by atoms with E-state index in [1.165, 1.54) is 24.8 Å². The van der Waals surface area contributed by atoms with Gasteiger partial charge in [-0.15, -0.1) is 0 Å². The van der Waals surface area contributed by atoms with E-state index in [1.54, 1.807) is 0 Å². The third-order valence-electron chi connectivity index (χ3n) is 3.80. The van der Waals surface area contributed by atoms with Crippen molar-refractivity contribution in [3.63, 3.8) is 0 Å². The molecule has 24 heavy (non-hydrogen) atoms. The monoisotopic (exact) mass is 396 g/mol. The summed E-state index contributed by atoms with van der Waals surface area (Å²) in [6.07, 6.45) is 2.22. The minimum absolute atomic E-state index is 0.109. The SMILES string of the molecule is C=CC1OC(/C=C\[Se]c2ccccc2)C(C(=O)OC)C1C(=O)OC. The molecule has 0 amide bonds. The molecule has 1 aliphatic rings. The van der Waals surface area contributed by atoms with Crippen LogP contribution in [0.2, 0.25) is 0 Å². The number of esters is 2. The molecule has 0 N–H and O–H groups in total. The summed E-state index contributed by atoms with van der Waals surface area (Å²) in [5.74, 6) is -2.48. The van der Waals surface area contributed by atoms with Crippen molar-refractivity contribution in [1.82, 2.24) is 0 Å². The van der Waals surface area contributed by atoms with Gasteiger partial charge in [-0.2, -0.15) is 0 Å². The zero-order valence-electron chi connectivity index (χ0n) is 13.6. The summed E-state index contributed by atoms with van der Waals surface area (Å²) < 4.78 is 16.7. The fourth-order valence-electron chi connectivity index (χ4n) is 2.65. The van der Waals surface area contributed by atoms with Gasteiger partial charge >= 0.3 is 147 Å². The average molecular weight is 395 g/mol. The number of ether oxygens (including phenoxy) is 3. The van der Waals surface area contributed by atoms with Gasteiger partial charge in [-0.1, -0.05) is 0 Å². The second-order valence-electron chi connectivity index (χ2n) is 5.16. The first-order chi connectivity index (χ1) is 11.6. The van der Waals surface area contributed by atoms with Crippen molar-refractivity contribution in [3.8, 4) is 0 Å². The predicted molar refractivity (Wildman–Crippen MR) is 90.8 cm³/mol. The van der Waals surface area contributed by atoms with Crippen LogP contribution in [-0.2, 0) is 23.8 Å². The third kappa shape index (κ3) is 4.15. The van der Waals surface area contributed by atoms with Gasteiger partial charge in [0.1, 0.15) is 0 Å². The standard InChI is InChI=1S/C18H20O5Se/c1-4-13-15(17(19)21-2)16(18(20)22-3)14(23-13)10-11-24-12-8-6-5-7-9-12/h4-11,13-16H,1H2,2-3H3/b11-10-. The Morgan fingerprint density at radius 2 is 1.67 bits per heavy atom. The van der Waals surface area contributed by atoms with Crippen molar-refractivity contribution in [2.24, 2.45) is 11.8 Å². The van der Waals surface area contributed by atoms with Crippen molar-refractivity contribution >= 4 is 31.4 Å². The summed E-state index contributed by atoms with van der Waals surface area (Å²) in [5.41, 5.74) is 0. The molecule has 0 saturated carbocycles. The van der Waals surface area contributed by atoms with Crippen molar-refractivity contribution in [1.29, 1.82) is 0 Å². The number of methoxy groups -OCH3 is 2. The maximum absolute atomic E-state index is 12.2. The van der Waals surface area contributed by atoms with Crippen LogP contribution in [0, 0.1) is 11.8 Å². The summed E-state index contributed by atoms with van der Waals surface area (Å²) in [6.45, 7) is 3.69. The Kier molecular flexibility index (Phi) is 6.79. The van der Waals surface area contributed by atoms with E-state index in [2.05, 4.69) is 6.58 Å². The molecule has 2 rings (SSSR count). The Morgan fingerprint density at radius 3 is 2.21 bits per heavy atom. The Morgan fingerprint density at radius 1 is 1.08 bits per heavy atom. The number of benzene rings is 1. The van der Waals surface area contributed by atoms with Crippen LogP contribution in [0.25, 0.3) is 0 Å². The van der Waals surface area contributed by atoms with Crippen molar-refractivity contribution < 1.29 is 23.8 Å². The minimum atomic E-state index is -0.751. The zero-order chi connectivity index (χ0) is 17.5. The van der Waals surface area contributed by atoms with Crippen LogP contribution in [0.4, 0.5) is 0 Å². The first-order valence-electron chi connectivity index (χ1n) is 7.44. The van der Waals surface area contributed by atoms with Gasteiger partial charge in [0.15, 0.2) is 0 Å². The van der Waals surface area contributed by atoms with E-state index in [-0.39, 0.29) is 15.0 Å². The van der Waals surface area contributed by atoms with Crippen molar-refractivity contribution in [2.75, 3.05) is 14.2 Å². The Hall–Kier alpha value is -1.88. The van der Waals surface area contributed by atoms with Crippen LogP contribution < -0.4 is 4.46 Å². The molecule has 1 heterocycles. The second-order valence-corrected chi connectivity index (χ2v) is 7.21. The van der Waals surface area contributed by atoms with Crippen LogP contribution >= 0.6 is 0 Å². The van der Waals surface area contributed by atoms with Crippen molar-refractivity contribution in [3.05, 3.63) is 54.0 Å². The molecule has 0 radical (unpaired) electrons. The normalized spacial score (nSPS) is 26.2. The van der Waals surface area contributed by atoms with Gasteiger partial charge in [0.05, 0.1) is 0 Å². The Balaban J connectivity index is 2.18.